The molecule has 0 aromatic heterocycles. The van der Waals surface area contributed by atoms with Crippen molar-refractivity contribution < 1.29 is 9.84 Å². The zero-order valence-corrected chi connectivity index (χ0v) is 13.1. The Bertz CT molecular complexity index is 379. The van der Waals surface area contributed by atoms with Gasteiger partial charge in [0, 0.05) is 26.2 Å². The van der Waals surface area contributed by atoms with E-state index in [0.717, 1.165) is 38.3 Å². The van der Waals surface area contributed by atoms with E-state index >= 15 is 0 Å². The Hall–Kier alpha value is -1.36. The normalized spacial score (nSPS) is 10.8. The first-order valence-corrected chi connectivity index (χ1v) is 7.66. The van der Waals surface area contributed by atoms with Gasteiger partial charge in [-0.05, 0) is 30.7 Å². The summed E-state index contributed by atoms with van der Waals surface area (Å²) in [6, 6.07) is 8.19. The largest absolute Gasteiger partial charge is 0.492 e. The Morgan fingerprint density at radius 3 is 2.67 bits per heavy atom. The molecule has 4 nitrogen and oxygen atoms in total. The van der Waals surface area contributed by atoms with Gasteiger partial charge < -0.3 is 15.2 Å². The van der Waals surface area contributed by atoms with Crippen LogP contribution in [0.4, 0.5) is 0 Å². The third kappa shape index (κ3) is 7.85. The third-order valence-electron chi connectivity index (χ3n) is 3.16. The summed E-state index contributed by atoms with van der Waals surface area (Å²) in [5.41, 5.74) is 1.27. The summed E-state index contributed by atoms with van der Waals surface area (Å²) in [4.78, 5) is 2.11. The zero-order valence-electron chi connectivity index (χ0n) is 13.1. The van der Waals surface area contributed by atoms with Crippen LogP contribution < -0.4 is 10.1 Å². The highest BCUT2D eigenvalue weighted by atomic mass is 16.5. The Morgan fingerprint density at radius 1 is 1.29 bits per heavy atom. The molecule has 0 aliphatic rings. The summed E-state index contributed by atoms with van der Waals surface area (Å²) in [6.45, 7) is 10.8. The van der Waals surface area contributed by atoms with Crippen molar-refractivity contribution in [1.82, 2.24) is 10.2 Å². The van der Waals surface area contributed by atoms with Crippen molar-refractivity contribution in [2.75, 3.05) is 39.4 Å². The maximum Gasteiger partial charge on any atom is 0.119 e. The molecular formula is C17H28N2O2. The lowest BCUT2D eigenvalue weighted by Gasteiger charge is -2.19. The lowest BCUT2D eigenvalue weighted by Crippen LogP contribution is -2.31. The minimum absolute atomic E-state index is 0.160. The SMILES string of the molecule is C=CCN(CCO)CCOc1ccc(CNCCC)cc1. The summed E-state index contributed by atoms with van der Waals surface area (Å²) in [5, 5.41) is 12.4. The van der Waals surface area contributed by atoms with Crippen molar-refractivity contribution >= 4 is 0 Å². The monoisotopic (exact) mass is 292 g/mol. The van der Waals surface area contributed by atoms with Gasteiger partial charge in [-0.2, -0.15) is 0 Å². The third-order valence-corrected chi connectivity index (χ3v) is 3.16. The van der Waals surface area contributed by atoms with Crippen LogP contribution in [0.1, 0.15) is 18.9 Å². The Kier molecular flexibility index (Phi) is 9.53. The summed E-state index contributed by atoms with van der Waals surface area (Å²) in [5.74, 6) is 0.886. The topological polar surface area (TPSA) is 44.7 Å². The van der Waals surface area contributed by atoms with Crippen molar-refractivity contribution in [2.24, 2.45) is 0 Å². The molecule has 0 saturated heterocycles. The van der Waals surface area contributed by atoms with Crippen LogP contribution in [-0.4, -0.2) is 49.4 Å². The fraction of sp³-hybridized carbons (Fsp3) is 0.529. The molecule has 0 atom stereocenters. The number of benzene rings is 1. The molecule has 0 bridgehead atoms. The average Bonchev–Trinajstić information content (AvgIpc) is 2.49. The molecule has 0 saturated carbocycles. The van der Waals surface area contributed by atoms with Crippen LogP contribution >= 0.6 is 0 Å². The molecular weight excluding hydrogens is 264 g/mol. The van der Waals surface area contributed by atoms with Crippen molar-refractivity contribution in [1.29, 1.82) is 0 Å². The molecule has 0 spiro atoms. The second-order valence-corrected chi connectivity index (χ2v) is 4.98. The fourth-order valence-electron chi connectivity index (χ4n) is 2.02. The number of nitrogens with zero attached hydrogens (tertiary/aromatic N) is 1. The molecule has 1 rings (SSSR count). The van der Waals surface area contributed by atoms with Gasteiger partial charge in [0.2, 0.25) is 0 Å². The maximum atomic E-state index is 8.98. The molecule has 0 heterocycles. The van der Waals surface area contributed by atoms with Gasteiger partial charge in [-0.3, -0.25) is 4.90 Å². The number of rotatable bonds is 12. The van der Waals surface area contributed by atoms with Crippen molar-refractivity contribution in [2.45, 2.75) is 19.9 Å². The van der Waals surface area contributed by atoms with Gasteiger partial charge >= 0.3 is 0 Å². The average molecular weight is 292 g/mol. The van der Waals surface area contributed by atoms with E-state index in [1.54, 1.807) is 0 Å². The highest BCUT2D eigenvalue weighted by Crippen LogP contribution is 2.12. The van der Waals surface area contributed by atoms with Gasteiger partial charge in [0.05, 0.1) is 6.61 Å². The standard InChI is InChI=1S/C17H28N2O2/c1-3-9-18-15-16-5-7-17(8-6-16)21-14-12-19(10-4-2)11-13-20/h4-8,18,20H,2-3,9-15H2,1H3. The summed E-state index contributed by atoms with van der Waals surface area (Å²) in [7, 11) is 0. The van der Waals surface area contributed by atoms with Gasteiger partial charge in [-0.25, -0.2) is 0 Å². The van der Waals surface area contributed by atoms with Crippen LogP contribution in [0.2, 0.25) is 0 Å². The van der Waals surface area contributed by atoms with Crippen molar-refractivity contribution in [3.63, 3.8) is 0 Å². The second kappa shape index (κ2) is 11.3. The predicted molar refractivity (Wildman–Crippen MR) is 87.7 cm³/mol. The van der Waals surface area contributed by atoms with Gasteiger partial charge in [0.15, 0.2) is 0 Å². The molecule has 0 aliphatic heterocycles. The maximum absolute atomic E-state index is 8.98. The van der Waals surface area contributed by atoms with E-state index in [1.165, 1.54) is 5.56 Å². The molecule has 0 fully saturated rings. The number of hydrogen-bond acceptors (Lipinski definition) is 4. The minimum atomic E-state index is 0.160. The van der Waals surface area contributed by atoms with Gasteiger partial charge in [-0.15, -0.1) is 6.58 Å². The predicted octanol–water partition coefficient (Wildman–Crippen LogP) is 2.05. The van der Waals surface area contributed by atoms with Gasteiger partial charge in [0.25, 0.3) is 0 Å². The molecule has 21 heavy (non-hydrogen) atoms. The second-order valence-electron chi connectivity index (χ2n) is 4.98. The highest BCUT2D eigenvalue weighted by Gasteiger charge is 2.02. The van der Waals surface area contributed by atoms with E-state index in [9.17, 15) is 0 Å². The smallest absolute Gasteiger partial charge is 0.119 e. The first kappa shape index (κ1) is 17.7. The molecule has 2 N–H and O–H groups in total. The van der Waals surface area contributed by atoms with E-state index in [2.05, 4.69) is 35.9 Å². The van der Waals surface area contributed by atoms with Crippen LogP contribution in [0, 0.1) is 0 Å². The summed E-state index contributed by atoms with van der Waals surface area (Å²) < 4.78 is 5.73. The number of hydrogen-bond donors (Lipinski definition) is 2. The van der Waals surface area contributed by atoms with Crippen molar-refractivity contribution in [3.8, 4) is 5.75 Å². The van der Waals surface area contributed by atoms with Crippen molar-refractivity contribution in [3.05, 3.63) is 42.5 Å². The first-order valence-electron chi connectivity index (χ1n) is 7.66. The van der Waals surface area contributed by atoms with Crippen LogP contribution in [0.25, 0.3) is 0 Å². The van der Waals surface area contributed by atoms with Crippen LogP contribution in [0.3, 0.4) is 0 Å². The molecule has 0 radical (unpaired) electrons. The van der Waals surface area contributed by atoms with E-state index in [0.29, 0.717) is 13.2 Å². The van der Waals surface area contributed by atoms with Crippen LogP contribution in [0.15, 0.2) is 36.9 Å². The summed E-state index contributed by atoms with van der Waals surface area (Å²) in [6.07, 6.45) is 2.99. The number of nitrogens with one attached hydrogen (secondary N) is 1. The molecule has 0 aliphatic carbocycles. The van der Waals surface area contributed by atoms with Crippen LogP contribution in [-0.2, 0) is 6.54 Å². The molecule has 0 unspecified atom stereocenters. The Labute approximate surface area is 128 Å². The van der Waals surface area contributed by atoms with E-state index in [4.69, 9.17) is 9.84 Å². The van der Waals surface area contributed by atoms with E-state index in [1.807, 2.05) is 18.2 Å². The number of ether oxygens (including phenoxy) is 1. The van der Waals surface area contributed by atoms with Crippen LogP contribution in [0.5, 0.6) is 5.75 Å². The molecule has 118 valence electrons. The van der Waals surface area contributed by atoms with E-state index < -0.39 is 0 Å². The van der Waals surface area contributed by atoms with E-state index in [-0.39, 0.29) is 6.61 Å². The molecule has 1 aromatic carbocycles. The number of aliphatic hydroxyl groups is 1. The quantitative estimate of drug-likeness (QED) is 0.457. The molecule has 1 aromatic rings. The Morgan fingerprint density at radius 2 is 2.05 bits per heavy atom. The molecule has 4 heteroatoms. The lowest BCUT2D eigenvalue weighted by molar-refractivity contribution is 0.180. The minimum Gasteiger partial charge on any atom is -0.492 e. The lowest BCUT2D eigenvalue weighted by atomic mass is 10.2. The van der Waals surface area contributed by atoms with Gasteiger partial charge in [-0.1, -0.05) is 25.1 Å². The molecule has 0 amide bonds. The number of aliphatic hydroxyl groups excluding tert-OH is 1. The van der Waals surface area contributed by atoms with Gasteiger partial charge in [0.1, 0.15) is 12.4 Å². The first-order chi connectivity index (χ1) is 10.3. The summed E-state index contributed by atoms with van der Waals surface area (Å²) >= 11 is 0. The zero-order chi connectivity index (χ0) is 15.3. The highest BCUT2D eigenvalue weighted by molar-refractivity contribution is 5.27. The Balaban J connectivity index is 2.29. The fourth-order valence-corrected chi connectivity index (χ4v) is 2.02.